The van der Waals surface area contributed by atoms with Crippen LogP contribution in [0.25, 0.3) is 0 Å². The van der Waals surface area contributed by atoms with Crippen molar-refractivity contribution in [2.75, 3.05) is 90.0 Å². The minimum absolute atomic E-state index is 0.0285. The molecule has 17 heteroatoms. The second kappa shape index (κ2) is 23.5. The summed E-state index contributed by atoms with van der Waals surface area (Å²) >= 11 is 5.03. The molecular formula is C48H74ClF2N5O7S2. The molecule has 0 spiro atoms. The molecule has 6 rings (SSSR count). The standard InChI is InChI=1S/C38H52ClF2N3O4.C10H22N2O3S2/c1-5-8-29-19-32(39)12-14-33(29)31-22-44(35-20-28(26(2)45)11-15-37(35)48-23-31)21-30-10-13-34(30)36(9-6-7-16-42(4)27(3)46)47-18-17-43-24-38(40,41)25-43;1-10(2,3)17(4,5)15-9-6-12(7-9)16(14)11-8-13/h6,9,11-12,14-15,19-20,26,30-31,34,36,45H,5,7-8,10,13,16-18,21-25H2,1-4H3;8-9H,6-7H2,1-5H3,(H,11,13)/b9-6+;. The van der Waals surface area contributed by atoms with Gasteiger partial charge < -0.3 is 28.6 Å². The molecule has 3 heterocycles. The summed E-state index contributed by atoms with van der Waals surface area (Å²) in [7, 11) is 0.660. The van der Waals surface area contributed by atoms with Crippen LogP contribution in [0, 0.1) is 11.8 Å². The fourth-order valence-electron chi connectivity index (χ4n) is 8.39. The molecule has 2 aromatic carbocycles. The van der Waals surface area contributed by atoms with Crippen LogP contribution in [0.5, 0.6) is 5.75 Å². The fraction of sp³-hybridized carbons (Fsp3) is 0.667. The molecular weight excluding hydrogens is 896 g/mol. The van der Waals surface area contributed by atoms with E-state index in [1.165, 1.54) is 11.1 Å². The number of carbonyl (C=O) groups is 2. The van der Waals surface area contributed by atoms with Crippen molar-refractivity contribution in [3.05, 3.63) is 70.3 Å². The van der Waals surface area contributed by atoms with Gasteiger partial charge in [-0.2, -0.15) is 0 Å². The quantitative estimate of drug-likeness (QED) is 0.101. The molecule has 0 bridgehead atoms. The van der Waals surface area contributed by atoms with Gasteiger partial charge in [0.15, 0.2) is 11.2 Å². The van der Waals surface area contributed by atoms with Crippen LogP contribution >= 0.6 is 21.9 Å². The maximum absolute atomic E-state index is 13.4. The molecule has 2 N–H and O–H groups in total. The number of rotatable bonds is 20. The largest absolute Gasteiger partial charge is 0.491 e. The molecule has 2 saturated heterocycles. The number of alkyl halides is 2. The average molecular weight is 971 g/mol. The monoisotopic (exact) mass is 969 g/mol. The van der Waals surface area contributed by atoms with Crippen molar-refractivity contribution in [1.29, 1.82) is 0 Å². The van der Waals surface area contributed by atoms with Gasteiger partial charge in [0, 0.05) is 68.9 Å². The van der Waals surface area contributed by atoms with Crippen molar-refractivity contribution < 1.29 is 41.3 Å². The lowest BCUT2D eigenvalue weighted by Gasteiger charge is -2.49. The molecule has 366 valence electrons. The third-order valence-electron chi connectivity index (χ3n) is 13.3. The van der Waals surface area contributed by atoms with Gasteiger partial charge in [-0.25, -0.2) is 17.3 Å². The lowest BCUT2D eigenvalue weighted by molar-refractivity contribution is -0.138. The molecule has 65 heavy (non-hydrogen) atoms. The molecule has 0 aromatic heterocycles. The molecule has 1 aliphatic carbocycles. The minimum atomic E-state index is -2.59. The number of aliphatic hydroxyl groups is 1. The van der Waals surface area contributed by atoms with E-state index in [1.807, 2.05) is 18.2 Å². The van der Waals surface area contributed by atoms with Gasteiger partial charge in [0.1, 0.15) is 5.75 Å². The van der Waals surface area contributed by atoms with Crippen LogP contribution < -0.4 is 14.4 Å². The van der Waals surface area contributed by atoms with E-state index in [0.717, 1.165) is 60.8 Å². The molecule has 12 nitrogen and oxygen atoms in total. The van der Waals surface area contributed by atoms with E-state index in [-0.39, 0.29) is 47.8 Å². The Morgan fingerprint density at radius 3 is 2.48 bits per heavy atom. The summed E-state index contributed by atoms with van der Waals surface area (Å²) in [6, 6.07) is 12.2. The smallest absolute Gasteiger partial charge is 0.272 e. The summed E-state index contributed by atoms with van der Waals surface area (Å²) in [6.45, 7) is 16.4. The van der Waals surface area contributed by atoms with Gasteiger partial charge in [-0.1, -0.05) is 70.0 Å². The number of benzene rings is 2. The van der Waals surface area contributed by atoms with Crippen LogP contribution in [0.3, 0.4) is 0 Å². The molecule has 6 atom stereocenters. The number of ether oxygens (including phenoxy) is 2. The van der Waals surface area contributed by atoms with Crippen LogP contribution in [0.4, 0.5) is 14.5 Å². The molecule has 3 fully saturated rings. The third-order valence-corrected chi connectivity index (χ3v) is 18.3. The summed E-state index contributed by atoms with van der Waals surface area (Å²) < 4.78 is 61.3. The number of carbonyl (C=O) groups excluding carboxylic acids is 2. The van der Waals surface area contributed by atoms with Crippen molar-refractivity contribution in [3.63, 3.8) is 0 Å². The second-order valence-electron chi connectivity index (χ2n) is 19.4. The van der Waals surface area contributed by atoms with Crippen molar-refractivity contribution in [3.8, 4) is 5.75 Å². The fourth-order valence-corrected chi connectivity index (χ4v) is 10.5. The van der Waals surface area contributed by atoms with Gasteiger partial charge in [0.05, 0.1) is 50.3 Å². The molecule has 3 aliphatic heterocycles. The number of fused-ring (bicyclic) bond motifs is 1. The van der Waals surface area contributed by atoms with Gasteiger partial charge in [-0.3, -0.25) is 19.2 Å². The number of aryl methyl sites for hydroxylation is 1. The highest BCUT2D eigenvalue weighted by molar-refractivity contribution is 8.29. The van der Waals surface area contributed by atoms with Crippen molar-refractivity contribution in [1.82, 2.24) is 18.8 Å². The Kier molecular flexibility index (Phi) is 19.2. The van der Waals surface area contributed by atoms with E-state index < -0.39 is 33.5 Å². The van der Waals surface area contributed by atoms with E-state index in [9.17, 15) is 27.7 Å². The van der Waals surface area contributed by atoms with E-state index in [4.69, 9.17) is 25.3 Å². The van der Waals surface area contributed by atoms with Crippen LogP contribution in [-0.4, -0.2) is 144 Å². The van der Waals surface area contributed by atoms with Crippen molar-refractivity contribution >= 4 is 51.1 Å². The zero-order valence-corrected chi connectivity index (χ0v) is 42.3. The normalized spacial score (nSPS) is 23.0. The van der Waals surface area contributed by atoms with Crippen molar-refractivity contribution in [2.24, 2.45) is 11.8 Å². The predicted molar refractivity (Wildman–Crippen MR) is 260 cm³/mol. The highest BCUT2D eigenvalue weighted by Gasteiger charge is 2.44. The molecule has 2 aromatic rings. The summed E-state index contributed by atoms with van der Waals surface area (Å²) in [5.74, 6) is -1.01. The Labute approximate surface area is 396 Å². The van der Waals surface area contributed by atoms with Gasteiger partial charge >= 0.3 is 0 Å². The van der Waals surface area contributed by atoms with E-state index in [2.05, 4.69) is 80.2 Å². The van der Waals surface area contributed by atoms with Crippen molar-refractivity contribution in [2.45, 2.75) is 109 Å². The summed E-state index contributed by atoms with van der Waals surface area (Å²) in [5.41, 5.74) is 4.35. The summed E-state index contributed by atoms with van der Waals surface area (Å²) in [6.07, 6.45) is 13.1. The highest BCUT2D eigenvalue weighted by Crippen LogP contribution is 2.55. The average Bonchev–Trinajstić information content (AvgIpc) is 3.37. The maximum Gasteiger partial charge on any atom is 0.272 e. The number of nitrogens with one attached hydrogen (secondary N) is 1. The van der Waals surface area contributed by atoms with Crippen LogP contribution in [0.1, 0.15) is 95.9 Å². The molecule has 1 saturated carbocycles. The second-order valence-corrected chi connectivity index (χ2v) is 24.9. The lowest BCUT2D eigenvalue weighted by Crippen LogP contribution is -2.57. The molecule has 0 radical (unpaired) electrons. The summed E-state index contributed by atoms with van der Waals surface area (Å²) in [5, 5.41) is 11.2. The highest BCUT2D eigenvalue weighted by atomic mass is 35.5. The first-order valence-electron chi connectivity index (χ1n) is 23.0. The number of hydrogen-bond acceptors (Lipinski definition) is 9. The van der Waals surface area contributed by atoms with Gasteiger partial charge in [0.25, 0.3) is 5.92 Å². The number of aliphatic hydroxyl groups excluding tert-OH is 1. The Hall–Kier alpha value is -2.83. The lowest BCUT2D eigenvalue weighted by atomic mass is 9.70. The number of likely N-dealkylation sites (tertiary alicyclic amines) is 1. The zero-order valence-electron chi connectivity index (χ0n) is 39.9. The van der Waals surface area contributed by atoms with E-state index in [0.29, 0.717) is 58.1 Å². The minimum Gasteiger partial charge on any atom is -0.491 e. The summed E-state index contributed by atoms with van der Waals surface area (Å²) in [4.78, 5) is 27.7. The van der Waals surface area contributed by atoms with Crippen LogP contribution in [-0.2, 0) is 36.1 Å². The van der Waals surface area contributed by atoms with Gasteiger partial charge in [-0.05, 0) is 97.9 Å². The topological polar surface area (TPSA) is 124 Å². The first-order valence-corrected chi connectivity index (χ1v) is 26.8. The number of nitrogens with zero attached hydrogens (tertiary/aromatic N) is 4. The van der Waals surface area contributed by atoms with E-state index in [1.54, 1.807) is 35.0 Å². The number of hydrogen-bond donors (Lipinski definition) is 2. The Balaban J connectivity index is 0.000000392. The molecule has 6 unspecified atom stereocenters. The Morgan fingerprint density at radius 1 is 1.15 bits per heavy atom. The number of halogens is 3. The first kappa shape index (κ1) is 53.1. The maximum atomic E-state index is 13.4. The Bertz CT molecular complexity index is 1940. The van der Waals surface area contributed by atoms with E-state index >= 15 is 0 Å². The third kappa shape index (κ3) is 14.8. The van der Waals surface area contributed by atoms with Gasteiger partial charge in [0.2, 0.25) is 12.3 Å². The number of amides is 2. The SMILES string of the molecule is CC(C)(C)S(C)(C)OC1CN(S(=O)NC=O)C1.CCCc1cc(Cl)ccc1C1COc2ccc(C(C)O)cc2N(CC2CCC2C(/C=C/CCN(C)C(C)=O)OCCN2CC(F)(F)C2)C1. The predicted octanol–water partition coefficient (Wildman–Crippen LogP) is 7.90. The first-order chi connectivity index (χ1) is 30.6. The number of anilines is 1. The van der Waals surface area contributed by atoms with Gasteiger partial charge in [-0.15, -0.1) is 10.3 Å². The van der Waals surface area contributed by atoms with Crippen LogP contribution in [0.15, 0.2) is 48.6 Å². The Morgan fingerprint density at radius 2 is 1.88 bits per heavy atom. The molecule has 4 aliphatic rings. The van der Waals surface area contributed by atoms with Crippen LogP contribution in [0.2, 0.25) is 5.02 Å². The zero-order chi connectivity index (χ0) is 47.7. The molecule has 2 amide bonds.